The standard InChI is InChI=1S/C15H21ClN2O3S/c1-11-5-4-8-18(10-11)15(19)13-9-12(6-7-14(13)16)22(20,21)17(2)3/h6-7,9,11H,4-5,8,10H2,1-3H3/t11-/m0/s1. The van der Waals surface area contributed by atoms with Crippen molar-refractivity contribution in [3.63, 3.8) is 0 Å². The predicted molar refractivity (Wildman–Crippen MR) is 86.6 cm³/mol. The van der Waals surface area contributed by atoms with Crippen LogP contribution in [-0.2, 0) is 10.0 Å². The highest BCUT2D eigenvalue weighted by Gasteiger charge is 2.26. The third-order valence-electron chi connectivity index (χ3n) is 3.89. The van der Waals surface area contributed by atoms with Crippen LogP contribution in [-0.4, -0.2) is 50.7 Å². The maximum absolute atomic E-state index is 12.6. The molecule has 0 bridgehead atoms. The summed E-state index contributed by atoms with van der Waals surface area (Å²) in [4.78, 5) is 14.5. The van der Waals surface area contributed by atoms with Crippen molar-refractivity contribution in [3.8, 4) is 0 Å². The Morgan fingerprint density at radius 3 is 2.64 bits per heavy atom. The molecule has 0 spiro atoms. The molecule has 0 aliphatic carbocycles. The van der Waals surface area contributed by atoms with Crippen molar-refractivity contribution in [1.29, 1.82) is 0 Å². The molecule has 5 nitrogen and oxygen atoms in total. The van der Waals surface area contributed by atoms with Gasteiger partial charge in [0.1, 0.15) is 0 Å². The van der Waals surface area contributed by atoms with Crippen LogP contribution in [0.5, 0.6) is 0 Å². The molecule has 7 heteroatoms. The van der Waals surface area contributed by atoms with E-state index in [9.17, 15) is 13.2 Å². The van der Waals surface area contributed by atoms with E-state index in [1.54, 1.807) is 4.90 Å². The SMILES string of the molecule is C[C@H]1CCCN(C(=O)c2cc(S(=O)(=O)N(C)C)ccc2Cl)C1. The number of amides is 1. The average molecular weight is 345 g/mol. The van der Waals surface area contributed by atoms with Crippen LogP contribution in [0.15, 0.2) is 23.1 Å². The number of hydrogen-bond donors (Lipinski definition) is 0. The number of piperidine rings is 1. The van der Waals surface area contributed by atoms with Crippen molar-refractivity contribution in [2.45, 2.75) is 24.7 Å². The summed E-state index contributed by atoms with van der Waals surface area (Å²) in [6, 6.07) is 4.27. The number of halogens is 1. The molecule has 1 heterocycles. The smallest absolute Gasteiger partial charge is 0.255 e. The minimum atomic E-state index is -3.59. The summed E-state index contributed by atoms with van der Waals surface area (Å²) in [6.07, 6.45) is 2.06. The van der Waals surface area contributed by atoms with Gasteiger partial charge in [-0.1, -0.05) is 18.5 Å². The van der Waals surface area contributed by atoms with Crippen LogP contribution in [0.3, 0.4) is 0 Å². The van der Waals surface area contributed by atoms with Crippen LogP contribution in [0.2, 0.25) is 5.02 Å². The fourth-order valence-corrected chi connectivity index (χ4v) is 3.71. The Hall–Kier alpha value is -1.11. The molecular formula is C15H21ClN2O3S. The van der Waals surface area contributed by atoms with Crippen molar-refractivity contribution in [3.05, 3.63) is 28.8 Å². The van der Waals surface area contributed by atoms with Crippen LogP contribution in [0.4, 0.5) is 0 Å². The summed E-state index contributed by atoms with van der Waals surface area (Å²) >= 11 is 6.12. The number of carbonyl (C=O) groups is 1. The van der Waals surface area contributed by atoms with E-state index in [1.807, 2.05) is 0 Å². The quantitative estimate of drug-likeness (QED) is 0.846. The van der Waals surface area contributed by atoms with E-state index < -0.39 is 10.0 Å². The van der Waals surface area contributed by atoms with Crippen LogP contribution < -0.4 is 0 Å². The second-order valence-electron chi connectivity index (χ2n) is 5.93. The summed E-state index contributed by atoms with van der Waals surface area (Å²) in [6.45, 7) is 3.47. The molecule has 122 valence electrons. The minimum Gasteiger partial charge on any atom is -0.338 e. The Bertz CT molecular complexity index is 673. The highest BCUT2D eigenvalue weighted by Crippen LogP contribution is 2.25. The lowest BCUT2D eigenvalue weighted by Gasteiger charge is -2.31. The van der Waals surface area contributed by atoms with Gasteiger partial charge in [0.05, 0.1) is 15.5 Å². The van der Waals surface area contributed by atoms with Crippen LogP contribution in [0.25, 0.3) is 0 Å². The first-order valence-corrected chi connectivity index (χ1v) is 9.06. The van der Waals surface area contributed by atoms with Gasteiger partial charge in [-0.3, -0.25) is 4.79 Å². The van der Waals surface area contributed by atoms with E-state index in [0.717, 1.165) is 17.1 Å². The molecule has 1 saturated heterocycles. The van der Waals surface area contributed by atoms with E-state index >= 15 is 0 Å². The Balaban J connectivity index is 2.37. The average Bonchev–Trinajstić information content (AvgIpc) is 2.46. The van der Waals surface area contributed by atoms with Crippen molar-refractivity contribution >= 4 is 27.5 Å². The van der Waals surface area contributed by atoms with Gasteiger partial charge >= 0.3 is 0 Å². The van der Waals surface area contributed by atoms with Gasteiger partial charge in [-0.2, -0.15) is 0 Å². The van der Waals surface area contributed by atoms with Crippen LogP contribution >= 0.6 is 11.6 Å². The van der Waals surface area contributed by atoms with Gasteiger partial charge in [-0.15, -0.1) is 0 Å². The molecule has 1 aliphatic rings. The number of benzene rings is 1. The lowest BCUT2D eigenvalue weighted by Crippen LogP contribution is -2.39. The number of sulfonamides is 1. The van der Waals surface area contributed by atoms with E-state index in [-0.39, 0.29) is 21.4 Å². The molecule has 22 heavy (non-hydrogen) atoms. The maximum atomic E-state index is 12.6. The zero-order valence-corrected chi connectivity index (χ0v) is 14.6. The zero-order chi connectivity index (χ0) is 16.5. The number of nitrogens with zero attached hydrogens (tertiary/aromatic N) is 2. The number of hydrogen-bond acceptors (Lipinski definition) is 3. The normalized spacial score (nSPS) is 19.5. The summed E-state index contributed by atoms with van der Waals surface area (Å²) in [7, 11) is -0.675. The molecule has 0 saturated carbocycles. The second kappa shape index (κ2) is 6.56. The molecule has 0 radical (unpaired) electrons. The van der Waals surface area contributed by atoms with Crippen molar-refractivity contribution in [2.75, 3.05) is 27.2 Å². The molecule has 1 aliphatic heterocycles. The molecule has 1 atom stereocenters. The molecule has 0 aromatic heterocycles. The van der Waals surface area contributed by atoms with E-state index in [2.05, 4.69) is 6.92 Å². The van der Waals surface area contributed by atoms with Gasteiger partial charge in [-0.25, -0.2) is 12.7 Å². The van der Waals surface area contributed by atoms with Crippen molar-refractivity contribution in [1.82, 2.24) is 9.21 Å². The van der Waals surface area contributed by atoms with Gasteiger partial charge in [0.2, 0.25) is 10.0 Å². The Labute approximate surface area is 136 Å². The van der Waals surface area contributed by atoms with Crippen molar-refractivity contribution < 1.29 is 13.2 Å². The molecule has 2 rings (SSSR count). The van der Waals surface area contributed by atoms with Gasteiger partial charge in [0.25, 0.3) is 5.91 Å². The first-order chi connectivity index (χ1) is 10.2. The van der Waals surface area contributed by atoms with Gasteiger partial charge in [0.15, 0.2) is 0 Å². The third kappa shape index (κ3) is 3.45. The second-order valence-corrected chi connectivity index (χ2v) is 8.49. The fourth-order valence-electron chi connectivity index (χ4n) is 2.58. The summed E-state index contributed by atoms with van der Waals surface area (Å²) in [5, 5.41) is 0.279. The number of rotatable bonds is 3. The molecule has 0 N–H and O–H groups in total. The lowest BCUT2D eigenvalue weighted by molar-refractivity contribution is 0.0683. The molecule has 1 aromatic carbocycles. The highest BCUT2D eigenvalue weighted by atomic mass is 35.5. The van der Waals surface area contributed by atoms with Gasteiger partial charge < -0.3 is 4.90 Å². The fraction of sp³-hybridized carbons (Fsp3) is 0.533. The largest absolute Gasteiger partial charge is 0.338 e. The highest BCUT2D eigenvalue weighted by molar-refractivity contribution is 7.89. The first-order valence-electron chi connectivity index (χ1n) is 7.25. The maximum Gasteiger partial charge on any atom is 0.255 e. The van der Waals surface area contributed by atoms with E-state index in [1.165, 1.54) is 32.3 Å². The summed E-state index contributed by atoms with van der Waals surface area (Å²) in [5.41, 5.74) is 0.249. The topological polar surface area (TPSA) is 57.7 Å². The molecule has 1 fully saturated rings. The third-order valence-corrected chi connectivity index (χ3v) is 6.03. The number of carbonyl (C=O) groups excluding carboxylic acids is 1. The van der Waals surface area contributed by atoms with E-state index in [0.29, 0.717) is 19.0 Å². The zero-order valence-electron chi connectivity index (χ0n) is 13.0. The minimum absolute atomic E-state index is 0.0790. The predicted octanol–water partition coefficient (Wildman–Crippen LogP) is 2.46. The number of likely N-dealkylation sites (tertiary alicyclic amines) is 1. The van der Waals surface area contributed by atoms with Gasteiger partial charge in [0, 0.05) is 27.2 Å². The Morgan fingerprint density at radius 1 is 1.36 bits per heavy atom. The molecule has 0 unspecified atom stereocenters. The van der Waals surface area contributed by atoms with Crippen LogP contribution in [0, 0.1) is 5.92 Å². The molecule has 1 aromatic rings. The monoisotopic (exact) mass is 344 g/mol. The lowest BCUT2D eigenvalue weighted by atomic mass is 9.99. The van der Waals surface area contributed by atoms with Crippen molar-refractivity contribution in [2.24, 2.45) is 5.92 Å². The molecular weight excluding hydrogens is 324 g/mol. The summed E-state index contributed by atoms with van der Waals surface area (Å²) < 4.78 is 25.5. The molecule has 1 amide bonds. The Morgan fingerprint density at radius 2 is 2.05 bits per heavy atom. The van der Waals surface area contributed by atoms with Crippen LogP contribution in [0.1, 0.15) is 30.1 Å². The van der Waals surface area contributed by atoms with Gasteiger partial charge in [-0.05, 0) is 37.0 Å². The Kier molecular flexibility index (Phi) is 5.14. The first kappa shape index (κ1) is 17.2. The van der Waals surface area contributed by atoms with E-state index in [4.69, 9.17) is 11.6 Å². The summed E-state index contributed by atoms with van der Waals surface area (Å²) in [5.74, 6) is 0.248.